The molecule has 4 aromatic rings. The van der Waals surface area contributed by atoms with Gasteiger partial charge < -0.3 is 5.32 Å². The number of hydrogen-bond donors (Lipinski definition) is 1. The molecule has 0 saturated carbocycles. The molecule has 4 nitrogen and oxygen atoms in total. The summed E-state index contributed by atoms with van der Waals surface area (Å²) in [5.74, 6) is -0.189. The number of fused-ring (bicyclic) bond motifs is 1. The van der Waals surface area contributed by atoms with Crippen molar-refractivity contribution >= 4 is 39.9 Å². The molecule has 0 saturated heterocycles. The minimum absolute atomic E-state index is 0.115. The average molecular weight is 410 g/mol. The standard InChI is InChI=1S/C21H16FN3OS2/c22-15-9-7-14(8-10-15)20(18-6-3-11-27-18)25-19(26)12-28-21-16-4-1-2-5-17(16)23-13-24-21/h1-11,13,20H,12H2,(H,25,26). The van der Waals surface area contributed by atoms with Crippen LogP contribution in [0.2, 0.25) is 0 Å². The van der Waals surface area contributed by atoms with Crippen molar-refractivity contribution < 1.29 is 9.18 Å². The third kappa shape index (κ3) is 4.21. The van der Waals surface area contributed by atoms with Gasteiger partial charge in [-0.05, 0) is 35.2 Å². The van der Waals surface area contributed by atoms with Crippen LogP contribution in [-0.4, -0.2) is 21.6 Å². The van der Waals surface area contributed by atoms with E-state index in [9.17, 15) is 9.18 Å². The number of thioether (sulfide) groups is 1. The fourth-order valence-electron chi connectivity index (χ4n) is 2.86. The molecule has 0 aliphatic rings. The molecule has 0 bridgehead atoms. The number of carbonyl (C=O) groups excluding carboxylic acids is 1. The van der Waals surface area contributed by atoms with Crippen molar-refractivity contribution in [3.8, 4) is 0 Å². The highest BCUT2D eigenvalue weighted by Gasteiger charge is 2.18. The zero-order chi connectivity index (χ0) is 19.3. The molecule has 4 rings (SSSR count). The highest BCUT2D eigenvalue weighted by Crippen LogP contribution is 2.28. The van der Waals surface area contributed by atoms with Crippen LogP contribution in [-0.2, 0) is 4.79 Å². The van der Waals surface area contributed by atoms with Crippen LogP contribution in [0.25, 0.3) is 10.9 Å². The second-order valence-electron chi connectivity index (χ2n) is 6.05. The van der Waals surface area contributed by atoms with Crippen molar-refractivity contribution in [2.45, 2.75) is 11.1 Å². The van der Waals surface area contributed by atoms with Crippen molar-refractivity contribution in [1.82, 2.24) is 15.3 Å². The lowest BCUT2D eigenvalue weighted by molar-refractivity contribution is -0.119. The van der Waals surface area contributed by atoms with Crippen LogP contribution in [0.15, 0.2) is 77.4 Å². The van der Waals surface area contributed by atoms with Crippen molar-refractivity contribution in [3.63, 3.8) is 0 Å². The number of nitrogens with zero attached hydrogens (tertiary/aromatic N) is 2. The van der Waals surface area contributed by atoms with Gasteiger partial charge in [-0.25, -0.2) is 14.4 Å². The molecule has 140 valence electrons. The minimum atomic E-state index is -0.309. The summed E-state index contributed by atoms with van der Waals surface area (Å²) < 4.78 is 13.3. The maximum Gasteiger partial charge on any atom is 0.231 e. The molecule has 0 aliphatic heterocycles. The van der Waals surface area contributed by atoms with E-state index in [2.05, 4.69) is 15.3 Å². The maximum atomic E-state index is 13.3. The van der Waals surface area contributed by atoms with Crippen LogP contribution >= 0.6 is 23.1 Å². The van der Waals surface area contributed by atoms with Gasteiger partial charge in [0.1, 0.15) is 17.2 Å². The normalized spacial score (nSPS) is 12.0. The number of nitrogens with one attached hydrogen (secondary N) is 1. The van der Waals surface area contributed by atoms with Crippen molar-refractivity contribution in [2.75, 3.05) is 5.75 Å². The summed E-state index contributed by atoms with van der Waals surface area (Å²) in [6.45, 7) is 0. The van der Waals surface area contributed by atoms with Gasteiger partial charge in [-0.3, -0.25) is 4.79 Å². The highest BCUT2D eigenvalue weighted by atomic mass is 32.2. The predicted octanol–water partition coefficient (Wildman–Crippen LogP) is 4.83. The monoisotopic (exact) mass is 409 g/mol. The van der Waals surface area contributed by atoms with E-state index in [0.717, 1.165) is 26.4 Å². The zero-order valence-corrected chi connectivity index (χ0v) is 16.3. The van der Waals surface area contributed by atoms with Crippen LogP contribution < -0.4 is 5.32 Å². The molecule has 2 aromatic heterocycles. The first-order valence-corrected chi connectivity index (χ1v) is 10.5. The summed E-state index contributed by atoms with van der Waals surface area (Å²) in [5.41, 5.74) is 1.69. The summed E-state index contributed by atoms with van der Waals surface area (Å²) in [6, 6.07) is 17.5. The second kappa shape index (κ2) is 8.50. The van der Waals surface area contributed by atoms with Gasteiger partial charge in [-0.2, -0.15) is 0 Å². The van der Waals surface area contributed by atoms with E-state index in [0.29, 0.717) is 0 Å². The smallest absolute Gasteiger partial charge is 0.231 e. The number of para-hydroxylation sites is 1. The Kier molecular flexibility index (Phi) is 5.64. The molecular formula is C21H16FN3OS2. The first kappa shape index (κ1) is 18.6. The quantitative estimate of drug-likeness (QED) is 0.366. The molecule has 1 amide bonds. The minimum Gasteiger partial charge on any atom is -0.344 e. The first-order valence-electron chi connectivity index (χ1n) is 8.61. The number of benzene rings is 2. The van der Waals surface area contributed by atoms with E-state index in [1.807, 2.05) is 41.8 Å². The van der Waals surface area contributed by atoms with Crippen LogP contribution in [0.4, 0.5) is 4.39 Å². The third-order valence-corrected chi connectivity index (χ3v) is 6.13. The Morgan fingerprint density at radius 3 is 2.68 bits per heavy atom. The average Bonchev–Trinajstić information content (AvgIpc) is 3.26. The summed E-state index contributed by atoms with van der Waals surface area (Å²) in [4.78, 5) is 22.2. The zero-order valence-electron chi connectivity index (χ0n) is 14.7. The SMILES string of the molecule is O=C(CSc1ncnc2ccccc12)NC(c1ccc(F)cc1)c1cccs1. The van der Waals surface area contributed by atoms with E-state index in [1.165, 1.54) is 30.2 Å². The summed E-state index contributed by atoms with van der Waals surface area (Å²) in [6.07, 6.45) is 1.51. The molecule has 1 atom stereocenters. The highest BCUT2D eigenvalue weighted by molar-refractivity contribution is 8.00. The summed E-state index contributed by atoms with van der Waals surface area (Å²) in [7, 11) is 0. The number of amides is 1. The van der Waals surface area contributed by atoms with Crippen LogP contribution in [0.1, 0.15) is 16.5 Å². The first-order chi connectivity index (χ1) is 13.7. The Morgan fingerprint density at radius 2 is 1.89 bits per heavy atom. The van der Waals surface area contributed by atoms with Gasteiger partial charge in [-0.1, -0.05) is 48.2 Å². The molecule has 0 radical (unpaired) electrons. The van der Waals surface area contributed by atoms with Gasteiger partial charge in [0.15, 0.2) is 0 Å². The van der Waals surface area contributed by atoms with Crippen molar-refractivity contribution in [3.05, 3.63) is 88.6 Å². The molecule has 0 fully saturated rings. The van der Waals surface area contributed by atoms with E-state index in [1.54, 1.807) is 23.5 Å². The van der Waals surface area contributed by atoms with Crippen LogP contribution in [0.3, 0.4) is 0 Å². The Labute approximate surface area is 169 Å². The molecule has 1 unspecified atom stereocenters. The number of hydrogen-bond acceptors (Lipinski definition) is 5. The fourth-order valence-corrected chi connectivity index (χ4v) is 4.46. The van der Waals surface area contributed by atoms with Crippen LogP contribution in [0, 0.1) is 5.82 Å². The van der Waals surface area contributed by atoms with Crippen LogP contribution in [0.5, 0.6) is 0 Å². The van der Waals surface area contributed by atoms with E-state index < -0.39 is 0 Å². The molecule has 1 N–H and O–H groups in total. The summed E-state index contributed by atoms with van der Waals surface area (Å²) >= 11 is 2.93. The number of carbonyl (C=O) groups is 1. The van der Waals surface area contributed by atoms with Crippen molar-refractivity contribution in [1.29, 1.82) is 0 Å². The Morgan fingerprint density at radius 1 is 1.07 bits per heavy atom. The molecule has 0 aliphatic carbocycles. The molecular weight excluding hydrogens is 393 g/mol. The maximum absolute atomic E-state index is 13.3. The molecule has 2 heterocycles. The summed E-state index contributed by atoms with van der Waals surface area (Å²) in [5, 5.41) is 6.72. The third-order valence-electron chi connectivity index (χ3n) is 4.18. The van der Waals surface area contributed by atoms with Crippen molar-refractivity contribution in [2.24, 2.45) is 0 Å². The largest absolute Gasteiger partial charge is 0.344 e. The Hall–Kier alpha value is -2.77. The lowest BCUT2D eigenvalue weighted by Crippen LogP contribution is -2.30. The van der Waals surface area contributed by atoms with E-state index in [4.69, 9.17) is 0 Å². The number of aromatic nitrogens is 2. The van der Waals surface area contributed by atoms with Gasteiger partial charge in [0.05, 0.1) is 17.3 Å². The lowest BCUT2D eigenvalue weighted by Gasteiger charge is -2.18. The molecule has 7 heteroatoms. The van der Waals surface area contributed by atoms with Gasteiger partial charge in [0.2, 0.25) is 5.91 Å². The van der Waals surface area contributed by atoms with E-state index in [-0.39, 0.29) is 23.5 Å². The number of rotatable bonds is 6. The number of halogens is 1. The number of thiophene rings is 1. The second-order valence-corrected chi connectivity index (χ2v) is 8.00. The predicted molar refractivity (Wildman–Crippen MR) is 111 cm³/mol. The van der Waals surface area contributed by atoms with E-state index >= 15 is 0 Å². The Balaban J connectivity index is 1.49. The fraction of sp³-hybridized carbons (Fsp3) is 0.0952. The molecule has 28 heavy (non-hydrogen) atoms. The Bertz CT molecular complexity index is 1080. The molecule has 2 aromatic carbocycles. The van der Waals surface area contributed by atoms with Gasteiger partial charge in [-0.15, -0.1) is 11.3 Å². The lowest BCUT2D eigenvalue weighted by atomic mass is 10.1. The van der Waals surface area contributed by atoms with Gasteiger partial charge >= 0.3 is 0 Å². The van der Waals surface area contributed by atoms with Gasteiger partial charge in [0, 0.05) is 10.3 Å². The van der Waals surface area contributed by atoms with Gasteiger partial charge in [0.25, 0.3) is 0 Å². The topological polar surface area (TPSA) is 54.9 Å². The molecule has 0 spiro atoms.